The van der Waals surface area contributed by atoms with Crippen LogP contribution in [0.15, 0.2) is 54.6 Å². The molecule has 0 bridgehead atoms. The Bertz CT molecular complexity index is 1420. The van der Waals surface area contributed by atoms with Crippen LogP contribution in [0.5, 0.6) is 0 Å². The fraction of sp³-hybridized carbons (Fsp3) is 0.575. The highest BCUT2D eigenvalue weighted by atomic mass is 16.6. The third-order valence-corrected chi connectivity index (χ3v) is 8.01. The Labute approximate surface area is 304 Å². The van der Waals surface area contributed by atoms with E-state index in [9.17, 15) is 24.0 Å². The van der Waals surface area contributed by atoms with E-state index in [-0.39, 0.29) is 25.8 Å². The van der Waals surface area contributed by atoms with Gasteiger partial charge in [-0.3, -0.25) is 14.4 Å². The van der Waals surface area contributed by atoms with Gasteiger partial charge in [0, 0.05) is 19.4 Å². The molecule has 0 aromatic heterocycles. The van der Waals surface area contributed by atoms with Gasteiger partial charge in [0.25, 0.3) is 0 Å². The van der Waals surface area contributed by atoms with Crippen LogP contribution in [0.2, 0.25) is 0 Å². The monoisotopic (exact) mass is 708 g/mol. The number of esters is 1. The van der Waals surface area contributed by atoms with Crippen LogP contribution in [0.25, 0.3) is 0 Å². The topological polar surface area (TPSA) is 157 Å². The summed E-state index contributed by atoms with van der Waals surface area (Å²) in [6, 6.07) is 13.2. The van der Waals surface area contributed by atoms with Gasteiger partial charge in [-0.15, -0.1) is 0 Å². The molecule has 0 heterocycles. The third-order valence-electron chi connectivity index (χ3n) is 8.01. The summed E-state index contributed by atoms with van der Waals surface area (Å²) in [5.74, 6) is -2.41. The molecule has 0 aliphatic carbocycles. The molecule has 282 valence electrons. The molecule has 3 atom stereocenters. The third kappa shape index (κ3) is 16.0. The van der Waals surface area contributed by atoms with E-state index in [4.69, 9.17) is 15.2 Å². The second-order valence-electron chi connectivity index (χ2n) is 14.9. The first-order valence-corrected chi connectivity index (χ1v) is 18.2. The zero-order valence-electron chi connectivity index (χ0n) is 31.9. The zero-order chi connectivity index (χ0) is 38.2. The van der Waals surface area contributed by atoms with Crippen molar-refractivity contribution in [1.82, 2.24) is 15.5 Å². The summed E-state index contributed by atoms with van der Waals surface area (Å²) in [5.41, 5.74) is 6.20. The maximum absolute atomic E-state index is 14.6. The summed E-state index contributed by atoms with van der Waals surface area (Å²) in [6.45, 7) is 14.7. The molecule has 0 aliphatic heterocycles. The summed E-state index contributed by atoms with van der Waals surface area (Å²) >= 11 is 0. The van der Waals surface area contributed by atoms with Gasteiger partial charge in [0.1, 0.15) is 29.3 Å². The number of primary amides is 1. The van der Waals surface area contributed by atoms with Gasteiger partial charge < -0.3 is 30.7 Å². The van der Waals surface area contributed by atoms with Gasteiger partial charge in [0.2, 0.25) is 17.7 Å². The van der Waals surface area contributed by atoms with Crippen LogP contribution in [0.3, 0.4) is 0 Å². The highest BCUT2D eigenvalue weighted by molar-refractivity contribution is 5.94. The molecule has 4 amide bonds. The van der Waals surface area contributed by atoms with E-state index in [1.807, 2.05) is 49.4 Å². The number of amides is 4. The average Bonchev–Trinajstić information content (AvgIpc) is 3.04. The minimum absolute atomic E-state index is 0.0998. The van der Waals surface area contributed by atoms with Gasteiger partial charge in [0.05, 0.1) is 0 Å². The largest absolute Gasteiger partial charge is 0.458 e. The van der Waals surface area contributed by atoms with Gasteiger partial charge >= 0.3 is 12.1 Å². The standard InChI is InChI=1S/C40H60N4O7/c1-9-11-12-13-17-26-44(36(47)31(24-25-33(41)45)43-38(49)51-40(6,7)8)34(30-22-20-28(10-2)21-23-30)35(46)42-32(37(48)50-39(3,4)5)27-29-18-15-14-16-19-29/h14-16,18-23,31-32,34H,9-13,17,24-27H2,1-8H3,(H2,41,45)(H,42,46)(H,43,49). The van der Waals surface area contributed by atoms with Crippen molar-refractivity contribution in [3.8, 4) is 0 Å². The molecule has 4 N–H and O–H groups in total. The van der Waals surface area contributed by atoms with Crippen LogP contribution >= 0.6 is 0 Å². The molecule has 3 unspecified atom stereocenters. The van der Waals surface area contributed by atoms with Gasteiger partial charge in [-0.2, -0.15) is 0 Å². The lowest BCUT2D eigenvalue weighted by molar-refractivity contribution is -0.159. The van der Waals surface area contributed by atoms with Gasteiger partial charge in [-0.25, -0.2) is 9.59 Å². The molecule has 0 radical (unpaired) electrons. The first kappa shape index (κ1) is 42.8. The molecule has 0 saturated carbocycles. The van der Waals surface area contributed by atoms with Gasteiger partial charge in [-0.1, -0.05) is 94.1 Å². The smallest absolute Gasteiger partial charge is 0.408 e. The van der Waals surface area contributed by atoms with E-state index in [0.29, 0.717) is 12.0 Å². The predicted molar refractivity (Wildman–Crippen MR) is 199 cm³/mol. The van der Waals surface area contributed by atoms with Crippen LogP contribution in [0, 0.1) is 0 Å². The fourth-order valence-electron chi connectivity index (χ4n) is 5.52. The predicted octanol–water partition coefficient (Wildman–Crippen LogP) is 6.32. The van der Waals surface area contributed by atoms with Crippen molar-refractivity contribution in [2.45, 2.75) is 143 Å². The number of alkyl carbamates (subject to hydrolysis) is 1. The van der Waals surface area contributed by atoms with E-state index in [1.165, 1.54) is 4.90 Å². The second kappa shape index (κ2) is 20.4. The normalized spacial score (nSPS) is 13.3. The van der Waals surface area contributed by atoms with Crippen LogP contribution in [0.4, 0.5) is 4.79 Å². The van der Waals surface area contributed by atoms with Crippen molar-refractivity contribution in [2.75, 3.05) is 6.54 Å². The van der Waals surface area contributed by atoms with Gasteiger partial charge in [0.15, 0.2) is 0 Å². The van der Waals surface area contributed by atoms with E-state index < -0.39 is 59.1 Å². The first-order valence-electron chi connectivity index (χ1n) is 18.2. The number of ether oxygens (including phenoxy) is 2. The molecule has 2 aromatic carbocycles. The van der Waals surface area contributed by atoms with E-state index in [1.54, 1.807) is 53.7 Å². The quantitative estimate of drug-likeness (QED) is 0.114. The molecule has 51 heavy (non-hydrogen) atoms. The van der Waals surface area contributed by atoms with Crippen molar-refractivity contribution < 1.29 is 33.4 Å². The summed E-state index contributed by atoms with van der Waals surface area (Å²) in [4.78, 5) is 69.2. The number of nitrogens with zero attached hydrogens (tertiary/aromatic N) is 1. The van der Waals surface area contributed by atoms with Crippen LogP contribution in [-0.2, 0) is 41.5 Å². The molecular weight excluding hydrogens is 648 g/mol. The Morgan fingerprint density at radius 3 is 1.90 bits per heavy atom. The summed E-state index contributed by atoms with van der Waals surface area (Å²) in [7, 11) is 0. The molecule has 11 heteroatoms. The number of unbranched alkanes of at least 4 members (excludes halogenated alkanes) is 4. The maximum atomic E-state index is 14.6. The molecule has 0 aliphatic rings. The van der Waals surface area contributed by atoms with E-state index in [2.05, 4.69) is 17.6 Å². The SMILES string of the molecule is CCCCCCCN(C(=O)C(CCC(N)=O)NC(=O)OC(C)(C)C)C(C(=O)NC(Cc1ccccc1)C(=O)OC(C)(C)C)c1ccc(CC)cc1. The molecule has 2 rings (SSSR count). The molecule has 2 aromatic rings. The lowest BCUT2D eigenvalue weighted by atomic mass is 9.98. The van der Waals surface area contributed by atoms with Crippen molar-refractivity contribution in [3.05, 3.63) is 71.3 Å². The molecule has 0 saturated heterocycles. The Morgan fingerprint density at radius 2 is 1.35 bits per heavy atom. The lowest BCUT2D eigenvalue weighted by Gasteiger charge is -2.35. The van der Waals surface area contributed by atoms with E-state index in [0.717, 1.165) is 43.2 Å². The zero-order valence-corrected chi connectivity index (χ0v) is 31.9. The number of aryl methyl sites for hydroxylation is 1. The average molecular weight is 709 g/mol. The van der Waals surface area contributed by atoms with Crippen molar-refractivity contribution in [1.29, 1.82) is 0 Å². The van der Waals surface area contributed by atoms with Crippen LogP contribution in [0.1, 0.15) is 123 Å². The Kier molecular flexibility index (Phi) is 17.1. The first-order chi connectivity index (χ1) is 23.9. The number of carbonyl (C=O) groups is 5. The fourth-order valence-corrected chi connectivity index (χ4v) is 5.52. The number of nitrogens with two attached hydrogens (primary N) is 1. The molecule has 0 fully saturated rings. The molecular formula is C40H60N4O7. The van der Waals surface area contributed by atoms with Crippen LogP contribution < -0.4 is 16.4 Å². The highest BCUT2D eigenvalue weighted by Gasteiger charge is 2.38. The number of hydrogen-bond donors (Lipinski definition) is 3. The maximum Gasteiger partial charge on any atom is 0.408 e. The summed E-state index contributed by atoms with van der Waals surface area (Å²) in [6.07, 6.45) is 4.19. The Morgan fingerprint density at radius 1 is 0.745 bits per heavy atom. The number of carbonyl (C=O) groups excluding carboxylic acids is 5. The highest BCUT2D eigenvalue weighted by Crippen LogP contribution is 2.26. The van der Waals surface area contributed by atoms with Gasteiger partial charge in [-0.05, 0) is 77.5 Å². The number of nitrogens with one attached hydrogen (secondary N) is 2. The number of hydrogen-bond acceptors (Lipinski definition) is 7. The summed E-state index contributed by atoms with van der Waals surface area (Å²) in [5, 5.41) is 5.56. The second-order valence-corrected chi connectivity index (χ2v) is 14.9. The number of rotatable bonds is 19. The minimum Gasteiger partial charge on any atom is -0.458 e. The van der Waals surface area contributed by atoms with Crippen molar-refractivity contribution in [2.24, 2.45) is 5.73 Å². The van der Waals surface area contributed by atoms with Crippen molar-refractivity contribution in [3.63, 3.8) is 0 Å². The van der Waals surface area contributed by atoms with Crippen LogP contribution in [-0.4, -0.2) is 64.5 Å². The number of benzene rings is 2. The molecule has 11 nitrogen and oxygen atoms in total. The Balaban J connectivity index is 2.67. The van der Waals surface area contributed by atoms with E-state index >= 15 is 0 Å². The summed E-state index contributed by atoms with van der Waals surface area (Å²) < 4.78 is 11.2. The van der Waals surface area contributed by atoms with Crippen molar-refractivity contribution >= 4 is 29.8 Å². The lowest BCUT2D eigenvalue weighted by Crippen LogP contribution is -2.55. The molecule has 0 spiro atoms. The minimum atomic E-state index is -1.22. The Hall–Kier alpha value is -4.41.